The number of benzene rings is 1. The van der Waals surface area contributed by atoms with Gasteiger partial charge in [-0.2, -0.15) is 4.79 Å². The van der Waals surface area contributed by atoms with Crippen LogP contribution in [0.4, 0.5) is 4.39 Å². The average Bonchev–Trinajstić information content (AvgIpc) is 2.30. The maximum atomic E-state index is 12.6. The van der Waals surface area contributed by atoms with E-state index in [2.05, 4.69) is 9.53 Å². The minimum Gasteiger partial charge on any atom is -0.460 e. The van der Waals surface area contributed by atoms with E-state index in [1.807, 2.05) is 0 Å². The molecule has 6 heteroatoms. The van der Waals surface area contributed by atoms with E-state index in [4.69, 9.17) is 5.53 Å². The number of carbonyl (C=O) groups is 2. The second kappa shape index (κ2) is 4.95. The Balaban J connectivity index is 3.06. The lowest BCUT2D eigenvalue weighted by atomic mass is 10.1. The molecule has 0 unspecified atom stereocenters. The number of rotatable bonds is 3. The minimum absolute atomic E-state index is 0.0274. The van der Waals surface area contributed by atoms with Crippen LogP contribution < -0.4 is 0 Å². The van der Waals surface area contributed by atoms with E-state index in [9.17, 15) is 14.0 Å². The van der Waals surface area contributed by atoms with Crippen LogP contribution in [0.25, 0.3) is 5.53 Å². The number of methoxy groups -OCH3 is 1. The molecule has 82 valence electrons. The second-order valence-electron chi connectivity index (χ2n) is 2.78. The van der Waals surface area contributed by atoms with Gasteiger partial charge < -0.3 is 10.3 Å². The van der Waals surface area contributed by atoms with E-state index < -0.39 is 23.3 Å². The Morgan fingerprint density at radius 1 is 1.31 bits per heavy atom. The van der Waals surface area contributed by atoms with Gasteiger partial charge >= 0.3 is 11.7 Å². The molecule has 0 heterocycles. The zero-order valence-electron chi connectivity index (χ0n) is 8.31. The van der Waals surface area contributed by atoms with E-state index in [1.165, 1.54) is 12.1 Å². The molecule has 0 amide bonds. The number of ether oxygens (including phenoxy) is 1. The van der Waals surface area contributed by atoms with Gasteiger partial charge in [-0.05, 0) is 24.3 Å². The highest BCUT2D eigenvalue weighted by Crippen LogP contribution is 2.04. The van der Waals surface area contributed by atoms with Crippen molar-refractivity contribution in [3.05, 3.63) is 41.2 Å². The van der Waals surface area contributed by atoms with Gasteiger partial charge in [0.2, 0.25) is 0 Å². The third-order valence-electron chi connectivity index (χ3n) is 1.80. The van der Waals surface area contributed by atoms with Crippen LogP contribution in [0.1, 0.15) is 10.4 Å². The summed E-state index contributed by atoms with van der Waals surface area (Å²) in [6.07, 6.45) is 0. The van der Waals surface area contributed by atoms with E-state index in [0.29, 0.717) is 0 Å². The molecular formula is C10H7FN2O3. The summed E-state index contributed by atoms with van der Waals surface area (Å²) in [5.41, 5.74) is 7.78. The minimum atomic E-state index is -1.06. The smallest absolute Gasteiger partial charge is 0.446 e. The Bertz CT molecular complexity index is 475. The predicted molar refractivity (Wildman–Crippen MR) is 51.4 cm³/mol. The fraction of sp³-hybridized carbons (Fsp3) is 0.100. The van der Waals surface area contributed by atoms with E-state index >= 15 is 0 Å². The molecule has 0 spiro atoms. The van der Waals surface area contributed by atoms with Gasteiger partial charge in [-0.1, -0.05) is 0 Å². The zero-order valence-corrected chi connectivity index (χ0v) is 8.31. The van der Waals surface area contributed by atoms with Gasteiger partial charge in [0.25, 0.3) is 5.78 Å². The molecule has 0 aliphatic rings. The average molecular weight is 222 g/mol. The molecule has 0 aromatic heterocycles. The number of nitrogens with zero attached hydrogens (tertiary/aromatic N) is 2. The normalized spacial score (nSPS) is 9.12. The van der Waals surface area contributed by atoms with Gasteiger partial charge in [0.05, 0.1) is 7.11 Å². The molecule has 1 rings (SSSR count). The van der Waals surface area contributed by atoms with Crippen molar-refractivity contribution >= 4 is 17.5 Å². The molecule has 0 atom stereocenters. The third kappa shape index (κ3) is 2.37. The highest BCUT2D eigenvalue weighted by atomic mass is 19.1. The summed E-state index contributed by atoms with van der Waals surface area (Å²) in [7, 11) is 1.05. The summed E-state index contributed by atoms with van der Waals surface area (Å²) in [6, 6.07) is 4.45. The molecule has 0 bridgehead atoms. The van der Waals surface area contributed by atoms with Crippen LogP contribution in [0.2, 0.25) is 0 Å². The van der Waals surface area contributed by atoms with Crippen LogP contribution in [0, 0.1) is 5.82 Å². The molecule has 0 N–H and O–H groups in total. The number of hydrogen-bond donors (Lipinski definition) is 0. The molecule has 1 aromatic rings. The van der Waals surface area contributed by atoms with Crippen molar-refractivity contribution in [1.82, 2.24) is 0 Å². The first kappa shape index (κ1) is 11.7. The summed E-state index contributed by atoms with van der Waals surface area (Å²) in [5, 5.41) is 0. The standard InChI is InChI=1S/C10H7FN2O3/c1-16-10(15)8(13-12)9(14)6-2-4-7(11)5-3-6/h2-5H,1H3. The first-order valence-electron chi connectivity index (χ1n) is 4.20. The first-order chi connectivity index (χ1) is 7.60. The number of carbonyl (C=O) groups excluding carboxylic acids is 2. The number of hydrogen-bond acceptors (Lipinski definition) is 3. The topological polar surface area (TPSA) is 79.8 Å². The maximum Gasteiger partial charge on any atom is 0.446 e. The quantitative estimate of drug-likeness (QED) is 0.190. The van der Waals surface area contributed by atoms with Crippen LogP contribution in [0.5, 0.6) is 0 Å². The Labute approximate surface area is 90.1 Å². The van der Waals surface area contributed by atoms with Crippen LogP contribution in [0.15, 0.2) is 24.3 Å². The van der Waals surface area contributed by atoms with Crippen LogP contribution in [-0.2, 0) is 9.53 Å². The van der Waals surface area contributed by atoms with Crippen LogP contribution >= 0.6 is 0 Å². The van der Waals surface area contributed by atoms with Crippen LogP contribution in [0.3, 0.4) is 0 Å². The van der Waals surface area contributed by atoms with Gasteiger partial charge in [0.15, 0.2) is 0 Å². The summed E-state index contributed by atoms with van der Waals surface area (Å²) < 4.78 is 16.8. The molecule has 1 aromatic carbocycles. The highest BCUT2D eigenvalue weighted by Gasteiger charge is 2.31. The van der Waals surface area contributed by atoms with Gasteiger partial charge in [-0.25, -0.2) is 9.18 Å². The fourth-order valence-corrected chi connectivity index (χ4v) is 1.01. The number of ketones is 1. The molecule has 0 fully saturated rings. The van der Waals surface area contributed by atoms with Crippen molar-refractivity contribution < 1.29 is 23.5 Å². The van der Waals surface area contributed by atoms with Crippen molar-refractivity contribution in [2.75, 3.05) is 7.11 Å². The summed E-state index contributed by atoms with van der Waals surface area (Å²) in [5.74, 6) is -2.41. The lowest BCUT2D eigenvalue weighted by molar-refractivity contribution is -0.137. The molecule has 0 aliphatic carbocycles. The van der Waals surface area contributed by atoms with Crippen molar-refractivity contribution in [1.29, 1.82) is 0 Å². The first-order valence-corrected chi connectivity index (χ1v) is 4.20. The Kier molecular flexibility index (Phi) is 3.63. The van der Waals surface area contributed by atoms with Crippen molar-refractivity contribution in [2.45, 2.75) is 0 Å². The molecule has 0 saturated carbocycles. The van der Waals surface area contributed by atoms with Crippen LogP contribution in [-0.4, -0.2) is 29.4 Å². The van der Waals surface area contributed by atoms with Crippen molar-refractivity contribution in [3.8, 4) is 0 Å². The van der Waals surface area contributed by atoms with E-state index in [0.717, 1.165) is 19.2 Å². The summed E-state index contributed by atoms with van der Waals surface area (Å²) in [6.45, 7) is 0. The van der Waals surface area contributed by atoms with Gasteiger partial charge in [0.1, 0.15) is 5.82 Å². The fourth-order valence-electron chi connectivity index (χ4n) is 1.01. The molecule has 0 aliphatic heterocycles. The second-order valence-corrected chi connectivity index (χ2v) is 2.78. The summed E-state index contributed by atoms with van der Waals surface area (Å²) >= 11 is 0. The van der Waals surface area contributed by atoms with E-state index in [-0.39, 0.29) is 5.56 Å². The summed E-state index contributed by atoms with van der Waals surface area (Å²) in [4.78, 5) is 25.1. The highest BCUT2D eigenvalue weighted by molar-refractivity contribution is 6.65. The number of halogens is 1. The zero-order chi connectivity index (χ0) is 12.1. The number of esters is 1. The lowest BCUT2D eigenvalue weighted by Gasteiger charge is -1.95. The molecule has 0 saturated heterocycles. The Morgan fingerprint density at radius 2 is 1.88 bits per heavy atom. The van der Waals surface area contributed by atoms with Gasteiger partial charge in [-0.15, -0.1) is 0 Å². The van der Waals surface area contributed by atoms with Crippen molar-refractivity contribution in [3.63, 3.8) is 0 Å². The third-order valence-corrected chi connectivity index (χ3v) is 1.80. The van der Waals surface area contributed by atoms with Gasteiger partial charge in [-0.3, -0.25) is 4.79 Å². The Hall–Kier alpha value is -2.33. The lowest BCUT2D eigenvalue weighted by Crippen LogP contribution is -2.26. The SMILES string of the molecule is COC(=O)C(=[N+]=[N-])C(=O)c1ccc(F)cc1. The number of Topliss-reactive ketones (excluding diaryl/α,β-unsaturated/α-hetero) is 1. The molecule has 5 nitrogen and oxygen atoms in total. The molecule has 16 heavy (non-hydrogen) atoms. The van der Waals surface area contributed by atoms with E-state index in [1.54, 1.807) is 0 Å². The molecule has 0 radical (unpaired) electrons. The van der Waals surface area contributed by atoms with Gasteiger partial charge in [0, 0.05) is 5.56 Å². The predicted octanol–water partition coefficient (Wildman–Crippen LogP) is 0.852. The van der Waals surface area contributed by atoms with Crippen molar-refractivity contribution in [2.24, 2.45) is 0 Å². The monoisotopic (exact) mass is 222 g/mol. The molecular weight excluding hydrogens is 215 g/mol. The Morgan fingerprint density at radius 3 is 2.31 bits per heavy atom. The largest absolute Gasteiger partial charge is 0.460 e. The maximum absolute atomic E-state index is 12.6.